The molecule has 0 fully saturated rings. The summed E-state index contributed by atoms with van der Waals surface area (Å²) in [6.45, 7) is 4.44. The molecule has 1 aromatic carbocycles. The molecule has 0 atom stereocenters. The molecule has 1 aliphatic carbocycles. The maximum Gasteiger partial charge on any atom is 0.244 e. The highest BCUT2D eigenvalue weighted by atomic mass is 35.5. The van der Waals surface area contributed by atoms with Crippen molar-refractivity contribution < 1.29 is 4.74 Å². The van der Waals surface area contributed by atoms with Crippen molar-refractivity contribution in [2.24, 2.45) is 15.5 Å². The highest BCUT2D eigenvalue weighted by Gasteiger charge is 2.35. The predicted molar refractivity (Wildman–Crippen MR) is 119 cm³/mol. The van der Waals surface area contributed by atoms with E-state index in [9.17, 15) is 0 Å². The second-order valence-electron chi connectivity index (χ2n) is 7.57. The predicted octanol–water partition coefficient (Wildman–Crippen LogP) is 5.63. The number of methoxy groups -OCH3 is 1. The van der Waals surface area contributed by atoms with Crippen molar-refractivity contribution in [2.75, 3.05) is 7.11 Å². The van der Waals surface area contributed by atoms with Crippen LogP contribution in [-0.2, 0) is 0 Å². The Bertz CT molecular complexity index is 1060. The zero-order valence-electron chi connectivity index (χ0n) is 16.2. The van der Waals surface area contributed by atoms with Crippen LogP contribution in [-0.4, -0.2) is 29.0 Å². The average molecular weight is 448 g/mol. The molecular formula is C20H19Cl2N5OS. The third-order valence-electron chi connectivity index (χ3n) is 4.59. The van der Waals surface area contributed by atoms with Gasteiger partial charge in [0.05, 0.1) is 34.0 Å². The summed E-state index contributed by atoms with van der Waals surface area (Å²) in [5, 5.41) is 6.22. The highest BCUT2D eigenvalue weighted by Crippen LogP contribution is 2.49. The van der Waals surface area contributed by atoms with E-state index < -0.39 is 0 Å². The number of aliphatic imine (C=N–C) groups is 1. The Morgan fingerprint density at radius 2 is 2.03 bits per heavy atom. The number of nitrogens with one attached hydrogen (secondary N) is 1. The Kier molecular flexibility index (Phi) is 5.55. The van der Waals surface area contributed by atoms with E-state index in [4.69, 9.17) is 32.9 Å². The van der Waals surface area contributed by atoms with Crippen molar-refractivity contribution in [3.63, 3.8) is 0 Å². The number of nitrogens with zero attached hydrogens (tertiary/aromatic N) is 4. The molecule has 2 aromatic rings. The minimum absolute atomic E-state index is 0.0463. The first kappa shape index (κ1) is 20.2. The van der Waals surface area contributed by atoms with E-state index in [1.807, 2.05) is 6.07 Å². The smallest absolute Gasteiger partial charge is 0.244 e. The average Bonchev–Trinajstić information content (AvgIpc) is 2.68. The quantitative estimate of drug-likeness (QED) is 0.373. The fourth-order valence-corrected chi connectivity index (χ4v) is 4.61. The molecule has 0 unspecified atom stereocenters. The van der Waals surface area contributed by atoms with Gasteiger partial charge in [0.15, 0.2) is 5.69 Å². The number of halogens is 2. The number of hydrazone groups is 1. The number of rotatable bonds is 4. The van der Waals surface area contributed by atoms with Gasteiger partial charge in [0.1, 0.15) is 11.4 Å². The van der Waals surface area contributed by atoms with Crippen molar-refractivity contribution in [1.82, 2.24) is 15.4 Å². The molecule has 0 radical (unpaired) electrons. The number of benzene rings is 1. The van der Waals surface area contributed by atoms with Gasteiger partial charge in [-0.1, -0.05) is 54.9 Å². The van der Waals surface area contributed by atoms with Crippen LogP contribution in [0.5, 0.6) is 5.88 Å². The van der Waals surface area contributed by atoms with E-state index in [2.05, 4.69) is 34.3 Å². The van der Waals surface area contributed by atoms with Crippen molar-refractivity contribution in [2.45, 2.75) is 31.7 Å². The number of hydrogen-bond acceptors (Lipinski definition) is 7. The topological polar surface area (TPSA) is 71.8 Å². The molecule has 2 aliphatic rings. The van der Waals surface area contributed by atoms with Crippen LogP contribution in [0.4, 0.5) is 5.69 Å². The van der Waals surface area contributed by atoms with Gasteiger partial charge < -0.3 is 4.74 Å². The molecule has 6 nitrogen and oxygen atoms in total. The summed E-state index contributed by atoms with van der Waals surface area (Å²) in [7, 11) is 1.59. The van der Waals surface area contributed by atoms with Gasteiger partial charge in [-0.25, -0.2) is 9.98 Å². The van der Waals surface area contributed by atoms with Gasteiger partial charge in [-0.05, 0) is 36.0 Å². The normalized spacial score (nSPS) is 17.6. The van der Waals surface area contributed by atoms with Gasteiger partial charge in [0, 0.05) is 5.70 Å². The lowest BCUT2D eigenvalue weighted by Crippen LogP contribution is -2.30. The zero-order valence-corrected chi connectivity index (χ0v) is 18.5. The molecule has 0 amide bonds. The van der Waals surface area contributed by atoms with Gasteiger partial charge in [0.25, 0.3) is 0 Å². The van der Waals surface area contributed by atoms with Crippen LogP contribution in [0.2, 0.25) is 10.0 Å². The maximum absolute atomic E-state index is 6.08. The summed E-state index contributed by atoms with van der Waals surface area (Å²) in [5.74, 6) is 0.490. The number of thioether (sulfide) groups is 1. The van der Waals surface area contributed by atoms with Crippen molar-refractivity contribution in [3.8, 4) is 5.88 Å². The third kappa shape index (κ3) is 4.27. The van der Waals surface area contributed by atoms with Crippen LogP contribution in [0.25, 0.3) is 0 Å². The fraction of sp³-hybridized carbons (Fsp3) is 0.300. The van der Waals surface area contributed by atoms with E-state index in [1.165, 1.54) is 6.33 Å². The first-order chi connectivity index (χ1) is 13.9. The summed E-state index contributed by atoms with van der Waals surface area (Å²) < 4.78 is 5.36. The molecular weight excluding hydrogens is 429 g/mol. The summed E-state index contributed by atoms with van der Waals surface area (Å²) in [6.07, 6.45) is 4.92. The Balaban J connectivity index is 1.66. The van der Waals surface area contributed by atoms with Gasteiger partial charge in [-0.2, -0.15) is 10.1 Å². The minimum atomic E-state index is 0.0463. The van der Waals surface area contributed by atoms with Crippen LogP contribution in [0.15, 0.2) is 50.2 Å². The lowest BCUT2D eigenvalue weighted by Gasteiger charge is -2.35. The molecule has 1 N–H and O–H groups in total. The second kappa shape index (κ2) is 7.97. The van der Waals surface area contributed by atoms with Gasteiger partial charge in [-0.3, -0.25) is 5.43 Å². The van der Waals surface area contributed by atoms with E-state index in [0.717, 1.165) is 39.7 Å². The Morgan fingerprint density at radius 1 is 1.21 bits per heavy atom. The summed E-state index contributed by atoms with van der Waals surface area (Å²) in [6, 6.07) is 5.39. The summed E-state index contributed by atoms with van der Waals surface area (Å²) in [4.78, 5) is 14.4. The van der Waals surface area contributed by atoms with E-state index in [0.29, 0.717) is 21.6 Å². The van der Waals surface area contributed by atoms with Crippen LogP contribution in [0.3, 0.4) is 0 Å². The zero-order chi connectivity index (χ0) is 20.6. The molecule has 4 rings (SSSR count). The molecule has 1 aliphatic heterocycles. The third-order valence-corrected chi connectivity index (χ3v) is 6.51. The summed E-state index contributed by atoms with van der Waals surface area (Å²) >= 11 is 13.6. The first-order valence-corrected chi connectivity index (χ1v) is 10.6. The van der Waals surface area contributed by atoms with E-state index in [-0.39, 0.29) is 5.41 Å². The van der Waals surface area contributed by atoms with Crippen molar-refractivity contribution in [1.29, 1.82) is 0 Å². The van der Waals surface area contributed by atoms with Crippen molar-refractivity contribution in [3.05, 3.63) is 50.7 Å². The van der Waals surface area contributed by atoms with Gasteiger partial charge in [-0.15, -0.1) is 0 Å². The molecule has 150 valence electrons. The molecule has 0 saturated carbocycles. The maximum atomic E-state index is 6.08. The van der Waals surface area contributed by atoms with Gasteiger partial charge in [0.2, 0.25) is 5.88 Å². The molecule has 0 spiro atoms. The van der Waals surface area contributed by atoms with E-state index >= 15 is 0 Å². The van der Waals surface area contributed by atoms with Crippen molar-refractivity contribution >= 4 is 52.6 Å². The number of ether oxygens (including phenoxy) is 1. The summed E-state index contributed by atoms with van der Waals surface area (Å²) in [5.41, 5.74) is 6.83. The molecule has 0 saturated heterocycles. The molecule has 9 heteroatoms. The van der Waals surface area contributed by atoms with Crippen LogP contribution >= 0.6 is 35.0 Å². The second-order valence-corrected chi connectivity index (χ2v) is 9.38. The number of allylic oxidation sites excluding steroid dienone is 2. The Hall–Kier alpha value is -2.09. The lowest BCUT2D eigenvalue weighted by molar-refractivity contribution is 0.362. The number of fused-ring (bicyclic) bond motifs is 2. The lowest BCUT2D eigenvalue weighted by atomic mass is 9.78. The SMILES string of the molecule is COc1ncnc2c1N=C1CC(C)(C)CC(NN=Cc3ccc(Cl)c(Cl)c3)=C1S2. The van der Waals surface area contributed by atoms with Gasteiger partial charge >= 0.3 is 0 Å². The van der Waals surface area contributed by atoms with Crippen LogP contribution < -0.4 is 10.2 Å². The molecule has 0 bridgehead atoms. The molecule has 2 heterocycles. The fourth-order valence-electron chi connectivity index (χ4n) is 3.31. The van der Waals surface area contributed by atoms with E-state index in [1.54, 1.807) is 37.2 Å². The number of hydrogen-bond donors (Lipinski definition) is 1. The first-order valence-electron chi connectivity index (χ1n) is 8.98. The van der Waals surface area contributed by atoms with Crippen LogP contribution in [0.1, 0.15) is 32.3 Å². The Labute approximate surface area is 183 Å². The number of aromatic nitrogens is 2. The minimum Gasteiger partial charge on any atom is -0.479 e. The molecule has 1 aromatic heterocycles. The molecule has 29 heavy (non-hydrogen) atoms. The Morgan fingerprint density at radius 3 is 2.79 bits per heavy atom. The monoisotopic (exact) mass is 447 g/mol. The highest BCUT2D eigenvalue weighted by molar-refractivity contribution is 8.04. The van der Waals surface area contributed by atoms with Crippen LogP contribution in [0, 0.1) is 5.41 Å². The largest absolute Gasteiger partial charge is 0.479 e. The standard InChI is InChI=1S/C20H19Cl2N5OS/c1-20(2)7-14-17(29-19-16(26-14)18(28-3)23-10-24-19)15(8-20)27-25-9-11-4-5-12(21)13(22)6-11/h4-6,9-10,27H,7-8H2,1-3H3.